The molecule has 0 radical (unpaired) electrons. The van der Waals surface area contributed by atoms with E-state index in [1.165, 1.54) is 30.0 Å². The topological polar surface area (TPSA) is 37.8 Å². The van der Waals surface area contributed by atoms with Gasteiger partial charge in [0, 0.05) is 11.8 Å². The van der Waals surface area contributed by atoms with Gasteiger partial charge in [-0.25, -0.2) is 9.97 Å². The van der Waals surface area contributed by atoms with Crippen molar-refractivity contribution in [2.45, 2.75) is 11.3 Å². The zero-order chi connectivity index (χ0) is 14.8. The molecule has 0 saturated carbocycles. The van der Waals surface area contributed by atoms with Crippen LogP contribution in [0.1, 0.15) is 5.56 Å². The number of thioether (sulfide) groups is 1. The van der Waals surface area contributed by atoms with E-state index in [9.17, 15) is 13.2 Å². The molecule has 20 heavy (non-hydrogen) atoms. The monoisotopic (exact) mass is 319 g/mol. The molecular formula is C12H9ClF3N3S. The third kappa shape index (κ3) is 3.77. The molecule has 0 bridgehead atoms. The molecule has 2 rings (SSSR count). The maximum Gasteiger partial charge on any atom is 0.416 e. The van der Waals surface area contributed by atoms with Gasteiger partial charge in [0.25, 0.3) is 0 Å². The molecule has 1 aromatic heterocycles. The number of benzene rings is 1. The molecule has 0 amide bonds. The zero-order valence-electron chi connectivity index (χ0n) is 10.2. The van der Waals surface area contributed by atoms with Gasteiger partial charge in [0.15, 0.2) is 5.16 Å². The molecule has 106 valence electrons. The van der Waals surface area contributed by atoms with Crippen molar-refractivity contribution in [2.24, 2.45) is 0 Å². The van der Waals surface area contributed by atoms with Crippen LogP contribution >= 0.6 is 23.4 Å². The summed E-state index contributed by atoms with van der Waals surface area (Å²) in [7, 11) is 0. The number of halogens is 4. The summed E-state index contributed by atoms with van der Waals surface area (Å²) >= 11 is 7.14. The molecule has 0 aliphatic carbocycles. The maximum atomic E-state index is 12.4. The van der Waals surface area contributed by atoms with Crippen molar-refractivity contribution in [3.63, 3.8) is 0 Å². The third-order valence-electron chi connectivity index (χ3n) is 2.34. The Bertz CT molecular complexity index is 602. The second kappa shape index (κ2) is 5.88. The molecule has 2 aromatic rings. The standard InChI is InChI=1S/C12H9ClF3N3S/c1-20-11-18-9(13)6-10(19-11)17-8-4-2-7(3-5-8)12(14,15)16/h2-6H,1H3,(H,17,18,19). The van der Waals surface area contributed by atoms with Crippen molar-refractivity contribution in [3.8, 4) is 0 Å². The third-order valence-corrected chi connectivity index (χ3v) is 3.08. The highest BCUT2D eigenvalue weighted by molar-refractivity contribution is 7.98. The van der Waals surface area contributed by atoms with Gasteiger partial charge >= 0.3 is 6.18 Å². The van der Waals surface area contributed by atoms with Crippen molar-refractivity contribution in [1.82, 2.24) is 9.97 Å². The molecule has 0 atom stereocenters. The van der Waals surface area contributed by atoms with Crippen LogP contribution < -0.4 is 5.32 Å². The zero-order valence-corrected chi connectivity index (χ0v) is 11.8. The van der Waals surface area contributed by atoms with Crippen molar-refractivity contribution in [3.05, 3.63) is 41.0 Å². The van der Waals surface area contributed by atoms with Gasteiger partial charge in [0.1, 0.15) is 11.0 Å². The number of rotatable bonds is 3. The minimum absolute atomic E-state index is 0.263. The Hall–Kier alpha value is -1.47. The number of nitrogens with one attached hydrogen (secondary N) is 1. The summed E-state index contributed by atoms with van der Waals surface area (Å²) in [6.45, 7) is 0. The van der Waals surface area contributed by atoms with E-state index in [2.05, 4.69) is 15.3 Å². The molecule has 1 aromatic carbocycles. The molecule has 0 unspecified atom stereocenters. The number of hydrogen-bond acceptors (Lipinski definition) is 4. The first-order valence-corrected chi connectivity index (χ1v) is 7.01. The van der Waals surface area contributed by atoms with Crippen molar-refractivity contribution in [2.75, 3.05) is 11.6 Å². The van der Waals surface area contributed by atoms with Gasteiger partial charge < -0.3 is 5.32 Å². The van der Waals surface area contributed by atoms with Crippen LogP contribution in [0, 0.1) is 0 Å². The van der Waals surface area contributed by atoms with Crippen LogP contribution in [0.5, 0.6) is 0 Å². The van der Waals surface area contributed by atoms with Gasteiger partial charge in [-0.05, 0) is 30.5 Å². The summed E-state index contributed by atoms with van der Waals surface area (Å²) in [5, 5.41) is 3.62. The summed E-state index contributed by atoms with van der Waals surface area (Å²) < 4.78 is 37.3. The number of nitrogens with zero attached hydrogens (tertiary/aromatic N) is 2. The number of aromatic nitrogens is 2. The fourth-order valence-corrected chi connectivity index (χ4v) is 2.06. The normalized spacial score (nSPS) is 11.4. The molecule has 0 aliphatic rings. The molecular weight excluding hydrogens is 311 g/mol. The summed E-state index contributed by atoms with van der Waals surface area (Å²) in [4.78, 5) is 8.12. The smallest absolute Gasteiger partial charge is 0.340 e. The van der Waals surface area contributed by atoms with Gasteiger partial charge in [-0.3, -0.25) is 0 Å². The van der Waals surface area contributed by atoms with Crippen LogP contribution in [0.2, 0.25) is 5.15 Å². The average Bonchev–Trinajstić information content (AvgIpc) is 2.37. The van der Waals surface area contributed by atoms with Gasteiger partial charge in [-0.2, -0.15) is 13.2 Å². The largest absolute Gasteiger partial charge is 0.416 e. The Balaban J connectivity index is 2.20. The van der Waals surface area contributed by atoms with Crippen molar-refractivity contribution >= 4 is 34.9 Å². The Morgan fingerprint density at radius 2 is 1.80 bits per heavy atom. The Labute approximate surface area is 122 Å². The molecule has 1 N–H and O–H groups in total. The van der Waals surface area contributed by atoms with Crippen molar-refractivity contribution < 1.29 is 13.2 Å². The van der Waals surface area contributed by atoms with E-state index in [0.29, 0.717) is 16.7 Å². The fraction of sp³-hybridized carbons (Fsp3) is 0.167. The van der Waals surface area contributed by atoms with Crippen LogP contribution in [0.3, 0.4) is 0 Å². The lowest BCUT2D eigenvalue weighted by atomic mass is 10.2. The summed E-state index contributed by atoms with van der Waals surface area (Å²) in [5.74, 6) is 0.425. The van der Waals surface area contributed by atoms with Gasteiger partial charge in [-0.15, -0.1) is 0 Å². The van der Waals surface area contributed by atoms with E-state index in [-0.39, 0.29) is 5.15 Å². The molecule has 0 fully saturated rings. The molecule has 0 spiro atoms. The predicted molar refractivity (Wildman–Crippen MR) is 73.5 cm³/mol. The first kappa shape index (κ1) is 14.9. The van der Waals surface area contributed by atoms with E-state index in [1.54, 1.807) is 6.26 Å². The quantitative estimate of drug-likeness (QED) is 0.509. The SMILES string of the molecule is CSc1nc(Cl)cc(Nc2ccc(C(F)(F)F)cc2)n1. The Morgan fingerprint density at radius 1 is 1.15 bits per heavy atom. The summed E-state index contributed by atoms with van der Waals surface area (Å²) in [5.41, 5.74) is -0.214. The molecule has 3 nitrogen and oxygen atoms in total. The number of anilines is 2. The molecule has 8 heteroatoms. The molecule has 0 saturated heterocycles. The second-order valence-electron chi connectivity index (χ2n) is 3.76. The minimum atomic E-state index is -4.34. The van der Waals surface area contributed by atoms with E-state index < -0.39 is 11.7 Å². The van der Waals surface area contributed by atoms with Crippen LogP contribution in [0.25, 0.3) is 0 Å². The van der Waals surface area contributed by atoms with E-state index in [0.717, 1.165) is 12.1 Å². The van der Waals surface area contributed by atoms with E-state index >= 15 is 0 Å². The first-order valence-electron chi connectivity index (χ1n) is 5.41. The van der Waals surface area contributed by atoms with E-state index in [1.807, 2.05) is 0 Å². The average molecular weight is 320 g/mol. The highest BCUT2D eigenvalue weighted by Crippen LogP contribution is 2.30. The Kier molecular flexibility index (Phi) is 4.39. The second-order valence-corrected chi connectivity index (χ2v) is 4.92. The lowest BCUT2D eigenvalue weighted by Crippen LogP contribution is -2.04. The Morgan fingerprint density at radius 3 is 2.35 bits per heavy atom. The fourth-order valence-electron chi connectivity index (χ4n) is 1.44. The lowest BCUT2D eigenvalue weighted by molar-refractivity contribution is -0.137. The summed E-state index contributed by atoms with van der Waals surface area (Å²) in [6, 6.07) is 6.16. The van der Waals surface area contributed by atoms with Gasteiger partial charge in [0.2, 0.25) is 0 Å². The lowest BCUT2D eigenvalue weighted by Gasteiger charge is -2.09. The molecule has 1 heterocycles. The van der Waals surface area contributed by atoms with Crippen LogP contribution in [0.15, 0.2) is 35.5 Å². The highest BCUT2D eigenvalue weighted by Gasteiger charge is 2.29. The van der Waals surface area contributed by atoms with Gasteiger partial charge in [-0.1, -0.05) is 23.4 Å². The van der Waals surface area contributed by atoms with Crippen LogP contribution in [0.4, 0.5) is 24.7 Å². The number of alkyl halides is 3. The van der Waals surface area contributed by atoms with Gasteiger partial charge in [0.05, 0.1) is 5.56 Å². The van der Waals surface area contributed by atoms with Crippen LogP contribution in [-0.4, -0.2) is 16.2 Å². The number of hydrogen-bond donors (Lipinski definition) is 1. The van der Waals surface area contributed by atoms with E-state index in [4.69, 9.17) is 11.6 Å². The van der Waals surface area contributed by atoms with Crippen LogP contribution in [-0.2, 0) is 6.18 Å². The van der Waals surface area contributed by atoms with Crippen molar-refractivity contribution in [1.29, 1.82) is 0 Å². The predicted octanol–water partition coefficient (Wildman–Crippen LogP) is 4.61. The maximum absolute atomic E-state index is 12.4. The first-order chi connectivity index (χ1) is 9.38. The highest BCUT2D eigenvalue weighted by atomic mass is 35.5. The summed E-state index contributed by atoms with van der Waals surface area (Å²) in [6.07, 6.45) is -2.55. The minimum Gasteiger partial charge on any atom is -0.340 e. The molecule has 0 aliphatic heterocycles.